The van der Waals surface area contributed by atoms with Crippen LogP contribution in [-0.4, -0.2) is 26.2 Å². The third kappa shape index (κ3) is 5.43. The molecule has 0 unspecified atom stereocenters. The van der Waals surface area contributed by atoms with Gasteiger partial charge in [-0.3, -0.25) is 4.99 Å². The van der Waals surface area contributed by atoms with E-state index in [-0.39, 0.29) is 24.0 Å². The molecule has 0 heterocycles. The molecule has 1 aromatic rings. The van der Waals surface area contributed by atoms with Gasteiger partial charge in [0.25, 0.3) is 0 Å². The summed E-state index contributed by atoms with van der Waals surface area (Å²) in [5, 5.41) is 3.17. The number of hydrogen-bond donors (Lipinski definition) is 2. The Morgan fingerprint density at radius 3 is 2.50 bits per heavy atom. The molecule has 2 rings (SSSR count). The lowest BCUT2D eigenvalue weighted by molar-refractivity contribution is 0.0780. The Kier molecular flexibility index (Phi) is 8.17. The zero-order valence-corrected chi connectivity index (χ0v) is 15.9. The van der Waals surface area contributed by atoms with Gasteiger partial charge in [-0.25, -0.2) is 0 Å². The molecule has 0 bridgehead atoms. The number of nitrogens with two attached hydrogens (primary N) is 1. The van der Waals surface area contributed by atoms with Gasteiger partial charge in [-0.15, -0.1) is 24.0 Å². The predicted octanol–water partition coefficient (Wildman–Crippen LogP) is 3.80. The van der Waals surface area contributed by atoms with Gasteiger partial charge >= 0.3 is 0 Å². The van der Waals surface area contributed by atoms with Crippen LogP contribution in [0.5, 0.6) is 0 Å². The van der Waals surface area contributed by atoms with Crippen molar-refractivity contribution in [1.29, 1.82) is 0 Å². The average molecular weight is 417 g/mol. The number of aryl methyl sites for hydroxylation is 1. The number of halogens is 1. The zero-order chi connectivity index (χ0) is 15.1. The van der Waals surface area contributed by atoms with Crippen LogP contribution >= 0.6 is 24.0 Å². The number of aliphatic imine (C=N–C) groups is 1. The lowest BCUT2D eigenvalue weighted by Crippen LogP contribution is -2.35. The molecule has 4 nitrogen and oxygen atoms in total. The van der Waals surface area contributed by atoms with Gasteiger partial charge in [-0.1, -0.05) is 25.5 Å². The van der Waals surface area contributed by atoms with Crippen LogP contribution in [0.3, 0.4) is 0 Å². The van der Waals surface area contributed by atoms with Crippen molar-refractivity contribution in [2.24, 2.45) is 16.1 Å². The third-order valence-electron chi connectivity index (χ3n) is 4.47. The molecule has 22 heavy (non-hydrogen) atoms. The number of anilines is 1. The minimum atomic E-state index is 0. The van der Waals surface area contributed by atoms with E-state index in [1.54, 1.807) is 7.11 Å². The summed E-state index contributed by atoms with van der Waals surface area (Å²) < 4.78 is 5.20. The van der Waals surface area contributed by atoms with E-state index >= 15 is 0 Å². The molecule has 3 N–H and O–H groups in total. The number of ether oxygens (including phenoxy) is 1. The van der Waals surface area contributed by atoms with Crippen LogP contribution in [0.1, 0.15) is 38.2 Å². The van der Waals surface area contributed by atoms with E-state index in [9.17, 15) is 0 Å². The second-order valence-electron chi connectivity index (χ2n) is 5.97. The standard InChI is InChI=1S/C17H27N3O.HI/c1-3-14-5-7-15(8-6-14)20-16(18)19-13-17(9-4-10-17)11-12-21-2;/h5-8H,3-4,9-13H2,1-2H3,(H3,18,19,20);1H. The highest BCUT2D eigenvalue weighted by molar-refractivity contribution is 14.0. The summed E-state index contributed by atoms with van der Waals surface area (Å²) >= 11 is 0. The van der Waals surface area contributed by atoms with Crippen molar-refractivity contribution in [3.63, 3.8) is 0 Å². The quantitative estimate of drug-likeness (QED) is 0.403. The molecule has 0 saturated heterocycles. The summed E-state index contributed by atoms with van der Waals surface area (Å²) in [6, 6.07) is 8.32. The monoisotopic (exact) mass is 417 g/mol. The van der Waals surface area contributed by atoms with Crippen molar-refractivity contribution < 1.29 is 4.74 Å². The second-order valence-corrected chi connectivity index (χ2v) is 5.97. The molecule has 1 aliphatic rings. The zero-order valence-electron chi connectivity index (χ0n) is 13.6. The summed E-state index contributed by atoms with van der Waals surface area (Å²) in [7, 11) is 1.76. The van der Waals surface area contributed by atoms with Crippen LogP contribution in [0.15, 0.2) is 29.3 Å². The summed E-state index contributed by atoms with van der Waals surface area (Å²) in [4.78, 5) is 4.54. The highest BCUT2D eigenvalue weighted by Crippen LogP contribution is 2.44. The van der Waals surface area contributed by atoms with Crippen molar-refractivity contribution in [3.05, 3.63) is 29.8 Å². The highest BCUT2D eigenvalue weighted by Gasteiger charge is 2.36. The van der Waals surface area contributed by atoms with E-state index in [1.807, 2.05) is 12.1 Å². The van der Waals surface area contributed by atoms with Crippen LogP contribution in [0.25, 0.3) is 0 Å². The highest BCUT2D eigenvalue weighted by atomic mass is 127. The van der Waals surface area contributed by atoms with E-state index in [2.05, 4.69) is 29.4 Å². The molecule has 1 fully saturated rings. The fourth-order valence-corrected chi connectivity index (χ4v) is 2.75. The molecular weight excluding hydrogens is 389 g/mol. The van der Waals surface area contributed by atoms with Crippen molar-refractivity contribution in [3.8, 4) is 0 Å². The van der Waals surface area contributed by atoms with Gasteiger partial charge in [0.1, 0.15) is 0 Å². The van der Waals surface area contributed by atoms with E-state index in [0.717, 1.165) is 31.7 Å². The van der Waals surface area contributed by atoms with Crippen LogP contribution < -0.4 is 11.1 Å². The van der Waals surface area contributed by atoms with E-state index in [1.165, 1.54) is 24.8 Å². The fraction of sp³-hybridized carbons (Fsp3) is 0.588. The molecule has 5 heteroatoms. The van der Waals surface area contributed by atoms with Gasteiger partial charge in [0, 0.05) is 25.9 Å². The van der Waals surface area contributed by atoms with Crippen LogP contribution in [0, 0.1) is 5.41 Å². The summed E-state index contributed by atoms with van der Waals surface area (Å²) in [5.41, 5.74) is 8.63. The Morgan fingerprint density at radius 1 is 1.32 bits per heavy atom. The largest absolute Gasteiger partial charge is 0.385 e. The SMILES string of the molecule is CCc1ccc(NC(N)=NCC2(CCOC)CCC2)cc1.I. The maximum atomic E-state index is 6.00. The Hall–Kier alpha value is -0.820. The van der Waals surface area contributed by atoms with E-state index in [0.29, 0.717) is 11.4 Å². The summed E-state index contributed by atoms with van der Waals surface area (Å²) in [6.07, 6.45) is 5.89. The van der Waals surface area contributed by atoms with Gasteiger partial charge in [0.2, 0.25) is 0 Å². The Labute approximate surface area is 150 Å². The van der Waals surface area contributed by atoms with Crippen LogP contribution in [0.4, 0.5) is 5.69 Å². The van der Waals surface area contributed by atoms with Gasteiger partial charge in [0.05, 0.1) is 0 Å². The second kappa shape index (κ2) is 9.35. The molecule has 1 aromatic carbocycles. The first kappa shape index (κ1) is 19.2. The van der Waals surface area contributed by atoms with Crippen molar-refractivity contribution >= 4 is 35.6 Å². The predicted molar refractivity (Wildman–Crippen MR) is 104 cm³/mol. The minimum Gasteiger partial charge on any atom is -0.385 e. The lowest BCUT2D eigenvalue weighted by Gasteiger charge is -2.40. The number of guanidine groups is 1. The first-order valence-corrected chi connectivity index (χ1v) is 7.82. The molecule has 0 aromatic heterocycles. The first-order chi connectivity index (χ1) is 10.2. The van der Waals surface area contributed by atoms with Crippen molar-refractivity contribution in [2.45, 2.75) is 39.0 Å². The van der Waals surface area contributed by atoms with Crippen molar-refractivity contribution in [1.82, 2.24) is 0 Å². The Bertz CT molecular complexity index is 469. The molecule has 0 amide bonds. The molecule has 0 radical (unpaired) electrons. The minimum absolute atomic E-state index is 0. The lowest BCUT2D eigenvalue weighted by atomic mass is 9.67. The molecule has 1 saturated carbocycles. The van der Waals surface area contributed by atoms with Gasteiger partial charge in [0.15, 0.2) is 5.96 Å². The maximum Gasteiger partial charge on any atom is 0.193 e. The van der Waals surface area contributed by atoms with Gasteiger partial charge in [-0.05, 0) is 48.8 Å². The van der Waals surface area contributed by atoms with Crippen LogP contribution in [-0.2, 0) is 11.2 Å². The number of benzene rings is 1. The molecule has 124 valence electrons. The number of rotatable bonds is 7. The Morgan fingerprint density at radius 2 is 2.00 bits per heavy atom. The summed E-state index contributed by atoms with van der Waals surface area (Å²) in [5.74, 6) is 0.503. The Balaban J connectivity index is 0.00000242. The third-order valence-corrected chi connectivity index (χ3v) is 4.47. The van der Waals surface area contributed by atoms with Crippen LogP contribution in [0.2, 0.25) is 0 Å². The molecular formula is C17H28IN3O. The van der Waals surface area contributed by atoms with E-state index in [4.69, 9.17) is 10.5 Å². The van der Waals surface area contributed by atoms with Gasteiger partial charge < -0.3 is 15.8 Å². The molecule has 1 aliphatic carbocycles. The summed E-state index contributed by atoms with van der Waals surface area (Å²) in [6.45, 7) is 3.75. The molecule has 0 spiro atoms. The van der Waals surface area contributed by atoms with Gasteiger partial charge in [-0.2, -0.15) is 0 Å². The fourth-order valence-electron chi connectivity index (χ4n) is 2.75. The van der Waals surface area contributed by atoms with E-state index < -0.39 is 0 Å². The smallest absolute Gasteiger partial charge is 0.193 e. The topological polar surface area (TPSA) is 59.6 Å². The molecule has 0 aliphatic heterocycles. The van der Waals surface area contributed by atoms with Crippen molar-refractivity contribution in [2.75, 3.05) is 25.6 Å². The average Bonchev–Trinajstić information content (AvgIpc) is 2.46. The first-order valence-electron chi connectivity index (χ1n) is 7.82. The number of hydrogen-bond acceptors (Lipinski definition) is 2. The normalized spacial score (nSPS) is 16.5. The molecule has 0 atom stereocenters. The maximum absolute atomic E-state index is 6.00. The number of nitrogens with one attached hydrogen (secondary N) is 1. The number of nitrogens with zero attached hydrogens (tertiary/aromatic N) is 1. The number of methoxy groups -OCH3 is 1.